The summed E-state index contributed by atoms with van der Waals surface area (Å²) in [7, 11) is 0. The van der Waals surface area contributed by atoms with Gasteiger partial charge in [-0.1, -0.05) is 368 Å². The molecule has 12 rings (SSSR count). The molecule has 0 bridgehead atoms. The number of carbonyl (C=O) groups excluding carboxylic acids is 1. The van der Waals surface area contributed by atoms with Gasteiger partial charge in [0.1, 0.15) is 52.1 Å². The average Bonchev–Trinajstić information content (AvgIpc) is 0.881. The van der Waals surface area contributed by atoms with Gasteiger partial charge in [0, 0.05) is 6.61 Å². The van der Waals surface area contributed by atoms with Gasteiger partial charge in [-0.2, -0.15) is 0 Å². The molecular formula is C134H236O14. The molecule has 3 N–H and O–H groups in total. The largest absolute Gasteiger partial charge is 0.508 e. The first-order valence-electron chi connectivity index (χ1n) is 53.2. The van der Waals surface area contributed by atoms with Crippen LogP contribution in [-0.4, -0.2) is 84.1 Å². The zero-order valence-electron chi connectivity index (χ0n) is 89.5. The first-order chi connectivity index (χ1) is 65.2. The summed E-state index contributed by atoms with van der Waals surface area (Å²) in [5, 5.41) is 27.0. The number of benzene rings is 8. The van der Waals surface area contributed by atoms with E-state index in [9.17, 15) is 4.79 Å². The molecule has 0 saturated heterocycles. The van der Waals surface area contributed by atoms with Crippen molar-refractivity contribution in [3.05, 3.63) is 239 Å². The molecule has 4 aliphatic carbocycles. The lowest BCUT2D eigenvalue weighted by Gasteiger charge is -2.27. The second-order valence-electron chi connectivity index (χ2n) is 39.2. The Bertz CT molecular complexity index is 4020. The highest BCUT2D eigenvalue weighted by molar-refractivity contribution is 5.76. The van der Waals surface area contributed by atoms with Crippen LogP contribution in [0.3, 0.4) is 0 Å². The Morgan fingerprint density at radius 2 is 0.473 bits per heavy atom. The number of carbonyl (C=O) groups is 1. The van der Waals surface area contributed by atoms with Crippen molar-refractivity contribution < 1.29 is 67.5 Å². The normalized spacial score (nSPS) is 15.1. The van der Waals surface area contributed by atoms with Gasteiger partial charge in [0.25, 0.3) is 0 Å². The van der Waals surface area contributed by atoms with Crippen molar-refractivity contribution in [1.29, 1.82) is 0 Å². The lowest BCUT2D eigenvalue weighted by atomic mass is 9.90. The van der Waals surface area contributed by atoms with E-state index in [1.54, 1.807) is 36.4 Å². The second kappa shape index (κ2) is 91.1. The molecule has 14 heteroatoms. The molecule has 11 unspecified atom stereocenters. The number of phenols is 3. The zero-order valence-corrected chi connectivity index (χ0v) is 89.5. The molecule has 4 aliphatic rings. The summed E-state index contributed by atoms with van der Waals surface area (Å²) in [4.78, 5) is 11.7. The van der Waals surface area contributed by atoms with E-state index < -0.39 is 0 Å². The standard InChI is InChI=1S/2C18H28O2.C17H26O2.C14H22O2.C13H20O.C12H22O2.3C10H14O.12CH4/c2*1-4-14(2)16-10-12-18(13-11-16)20-15(3)19-17-8-6-5-7-9-17;1-3-14(2)15-9-11-17(12-10-15)19-13-18-16-7-5-4-6-8-16;1-5-11(3)13-7-9-14(10-8-13)16-12(4)15-6-2;1-5-11(4)12-6-8-13(9-7-12)14-10(2)3;1-4-12(2,3)11(13)14-10-8-6-5-7-9-10;3*1-3-8(2)9-4-6-10(11)7-5-9;;;;;;;;;;;;/h2*10-15,17H,4-9H2,1-3H3;9-12,14,16H,3-8,13H2,1-2H3;7-12H,5-6H2,1-4H3;6-11H,5H2,1-4H3;10H,4-9H2,1-3H3;3*4-8,11H,3H2,1-2H3;12*1H4. The minimum Gasteiger partial charge on any atom is -0.508 e. The van der Waals surface area contributed by atoms with Gasteiger partial charge in [0.2, 0.25) is 0 Å². The Morgan fingerprint density at radius 1 is 0.270 bits per heavy atom. The molecule has 0 amide bonds. The van der Waals surface area contributed by atoms with E-state index in [0.717, 1.165) is 73.7 Å². The number of ether oxygens (including phenoxy) is 10. The minimum absolute atomic E-state index is 0. The summed E-state index contributed by atoms with van der Waals surface area (Å²) in [6.45, 7) is 54.3. The zero-order chi connectivity index (χ0) is 100. The van der Waals surface area contributed by atoms with Gasteiger partial charge < -0.3 is 62.7 Å². The van der Waals surface area contributed by atoms with Gasteiger partial charge in [-0.3, -0.25) is 4.79 Å². The number of esters is 1. The predicted octanol–water partition coefficient (Wildman–Crippen LogP) is 43.0. The molecule has 0 radical (unpaired) electrons. The Balaban J connectivity index is -0.000000209. The first-order valence-corrected chi connectivity index (χ1v) is 53.2. The fourth-order valence-electron chi connectivity index (χ4n) is 15.9. The lowest BCUT2D eigenvalue weighted by Crippen LogP contribution is -2.31. The summed E-state index contributed by atoms with van der Waals surface area (Å²) in [5.41, 5.74) is 10.5. The number of aromatic hydroxyl groups is 3. The quantitative estimate of drug-likeness (QED) is 0.0248. The molecule has 148 heavy (non-hydrogen) atoms. The molecule has 0 heterocycles. The SMILES string of the molecule is C.C.C.C.C.C.C.C.C.C.C.C.CCC(C)(C)C(=O)OC1CCCCC1.CCC(C)c1ccc(O)cc1.CCC(C)c1ccc(O)cc1.CCC(C)c1ccc(O)cc1.CCC(C)c1ccc(OC(C)C)cc1.CCC(C)c1ccc(OC(C)OC2CCCCC2)cc1.CCC(C)c1ccc(OC(C)OC2CCCCC2)cc1.CCC(C)c1ccc(OCOC2CCCCC2)cc1.CCOC(C)Oc1ccc(C(C)CC)cc1. The molecule has 8 aromatic carbocycles. The third-order valence-corrected chi connectivity index (χ3v) is 27.4. The summed E-state index contributed by atoms with van der Waals surface area (Å²) in [5.74, 6) is 10.4. The molecule has 14 nitrogen and oxygen atoms in total. The van der Waals surface area contributed by atoms with Crippen molar-refractivity contribution in [2.24, 2.45) is 5.41 Å². The third kappa shape index (κ3) is 65.7. The summed E-state index contributed by atoms with van der Waals surface area (Å²) in [6.07, 6.45) is 36.1. The first kappa shape index (κ1) is 157. The van der Waals surface area contributed by atoms with Crippen LogP contribution in [-0.2, 0) is 28.5 Å². The topological polar surface area (TPSA) is 170 Å². The van der Waals surface area contributed by atoms with Crippen molar-refractivity contribution in [2.75, 3.05) is 13.4 Å². The van der Waals surface area contributed by atoms with Gasteiger partial charge in [-0.05, 0) is 366 Å². The number of hydrogen-bond donors (Lipinski definition) is 3. The molecule has 0 spiro atoms. The maximum absolute atomic E-state index is 11.7. The van der Waals surface area contributed by atoms with E-state index in [4.69, 9.17) is 62.7 Å². The molecule has 0 aliphatic heterocycles. The van der Waals surface area contributed by atoms with Crippen LogP contribution in [0.1, 0.15) is 540 Å². The van der Waals surface area contributed by atoms with Crippen LogP contribution < -0.4 is 23.7 Å². The highest BCUT2D eigenvalue weighted by Gasteiger charge is 2.30. The maximum Gasteiger partial charge on any atom is 0.311 e. The maximum atomic E-state index is 11.7. The van der Waals surface area contributed by atoms with Gasteiger partial charge >= 0.3 is 5.97 Å². The van der Waals surface area contributed by atoms with Crippen LogP contribution >= 0.6 is 0 Å². The van der Waals surface area contributed by atoms with Crippen LogP contribution in [0, 0.1) is 5.41 Å². The Morgan fingerprint density at radius 3 is 0.689 bits per heavy atom. The number of rotatable bonds is 37. The van der Waals surface area contributed by atoms with E-state index in [0.29, 0.717) is 96.3 Å². The Labute approximate surface area is 916 Å². The van der Waals surface area contributed by atoms with E-state index in [-0.39, 0.29) is 132 Å². The summed E-state index contributed by atoms with van der Waals surface area (Å²) >= 11 is 0. The van der Waals surface area contributed by atoms with E-state index >= 15 is 0 Å². The second-order valence-corrected chi connectivity index (χ2v) is 39.2. The predicted molar refractivity (Wildman–Crippen MR) is 651 cm³/mol. The smallest absolute Gasteiger partial charge is 0.311 e. The van der Waals surface area contributed by atoms with Gasteiger partial charge in [0.15, 0.2) is 25.7 Å². The average molecular weight is 2070 g/mol. The summed E-state index contributed by atoms with van der Waals surface area (Å²) < 4.78 is 57.1. The molecule has 11 atom stereocenters. The van der Waals surface area contributed by atoms with Gasteiger partial charge in [0.05, 0.1) is 29.8 Å². The fourth-order valence-corrected chi connectivity index (χ4v) is 15.9. The molecular weight excluding hydrogens is 1830 g/mol. The van der Waals surface area contributed by atoms with Crippen LogP contribution in [0.5, 0.6) is 46.0 Å². The summed E-state index contributed by atoms with van der Waals surface area (Å²) in [6, 6.07) is 64.3. The monoisotopic (exact) mass is 2070 g/mol. The van der Waals surface area contributed by atoms with Crippen molar-refractivity contribution in [3.63, 3.8) is 0 Å². The van der Waals surface area contributed by atoms with Crippen LogP contribution in [0.2, 0.25) is 0 Å². The van der Waals surface area contributed by atoms with Crippen LogP contribution in [0.25, 0.3) is 0 Å². The fraction of sp³-hybridized carbons (Fsp3) is 0.634. The Kier molecular flexibility index (Phi) is 96.7. The van der Waals surface area contributed by atoms with Crippen LogP contribution in [0.4, 0.5) is 0 Å². The molecule has 4 saturated carbocycles. The molecule has 8 aromatic rings. The van der Waals surface area contributed by atoms with E-state index in [1.807, 2.05) is 123 Å². The lowest BCUT2D eigenvalue weighted by molar-refractivity contribution is -0.161. The highest BCUT2D eigenvalue weighted by atomic mass is 16.7. The number of phenolic OH excluding ortho intramolecular Hbond substituents is 3. The van der Waals surface area contributed by atoms with Gasteiger partial charge in [-0.25, -0.2) is 0 Å². The van der Waals surface area contributed by atoms with E-state index in [1.165, 1.54) is 186 Å². The van der Waals surface area contributed by atoms with Crippen LogP contribution in [0.15, 0.2) is 194 Å². The highest BCUT2D eigenvalue weighted by Crippen LogP contribution is 2.34. The Hall–Kier alpha value is -8.53. The number of hydrogen-bond acceptors (Lipinski definition) is 14. The van der Waals surface area contributed by atoms with Gasteiger partial charge in [-0.15, -0.1) is 0 Å². The third-order valence-electron chi connectivity index (χ3n) is 27.4. The van der Waals surface area contributed by atoms with Crippen molar-refractivity contribution in [2.45, 2.75) is 545 Å². The molecule has 0 aromatic heterocycles. The van der Waals surface area contributed by atoms with Crippen molar-refractivity contribution >= 4 is 5.97 Å². The van der Waals surface area contributed by atoms with E-state index in [2.05, 4.69) is 208 Å². The van der Waals surface area contributed by atoms with Crippen molar-refractivity contribution in [3.8, 4) is 46.0 Å². The molecule has 4 fully saturated rings. The van der Waals surface area contributed by atoms with Crippen molar-refractivity contribution in [1.82, 2.24) is 0 Å². The minimum atomic E-state index is -0.308. The molecule has 856 valence electrons.